The van der Waals surface area contributed by atoms with Crippen LogP contribution in [-0.2, 0) is 0 Å². The number of hydrogen-bond acceptors (Lipinski definition) is 3. The molecule has 20 heavy (non-hydrogen) atoms. The lowest BCUT2D eigenvalue weighted by Crippen LogP contribution is -2.38. The summed E-state index contributed by atoms with van der Waals surface area (Å²) < 4.78 is 0. The Bertz CT molecular complexity index is 515. The minimum Gasteiger partial charge on any atom is -0.356 e. The van der Waals surface area contributed by atoms with Crippen LogP contribution < -0.4 is 5.32 Å². The molecule has 0 radical (unpaired) electrons. The van der Waals surface area contributed by atoms with Gasteiger partial charge in [0.25, 0.3) is 0 Å². The number of fused-ring (bicyclic) bond motifs is 1. The second-order valence-electron chi connectivity index (χ2n) is 5.76. The summed E-state index contributed by atoms with van der Waals surface area (Å²) in [5.74, 6) is 0.887. The summed E-state index contributed by atoms with van der Waals surface area (Å²) >= 11 is 0. The van der Waals surface area contributed by atoms with Gasteiger partial charge in [0.05, 0.1) is 11.0 Å². The second kappa shape index (κ2) is 6.27. The van der Waals surface area contributed by atoms with E-state index in [0.717, 1.165) is 29.6 Å². The fraction of sp³-hybridized carbons (Fsp3) is 0.562. The highest BCUT2D eigenvalue weighted by Crippen LogP contribution is 2.16. The molecule has 1 saturated heterocycles. The third-order valence-electron chi connectivity index (χ3n) is 4.24. The normalized spacial score (nSPS) is 20.4. The molecule has 0 amide bonds. The van der Waals surface area contributed by atoms with Crippen LogP contribution in [0.1, 0.15) is 32.6 Å². The predicted molar refractivity (Wildman–Crippen MR) is 84.1 cm³/mol. The molecule has 4 nitrogen and oxygen atoms in total. The summed E-state index contributed by atoms with van der Waals surface area (Å²) in [5.41, 5.74) is 2.12. The van der Waals surface area contributed by atoms with E-state index in [1.54, 1.807) is 0 Å². The molecule has 1 aromatic carbocycles. The highest BCUT2D eigenvalue weighted by atomic mass is 15.2. The molecule has 1 aromatic heterocycles. The number of anilines is 1. The molecule has 2 N–H and O–H groups in total. The van der Waals surface area contributed by atoms with E-state index >= 15 is 0 Å². The van der Waals surface area contributed by atoms with Crippen LogP contribution in [0.3, 0.4) is 0 Å². The summed E-state index contributed by atoms with van der Waals surface area (Å²) in [4.78, 5) is 10.5. The first-order chi connectivity index (χ1) is 9.83. The lowest BCUT2D eigenvalue weighted by Gasteiger charge is -2.33. The van der Waals surface area contributed by atoms with Crippen LogP contribution in [0, 0.1) is 0 Å². The van der Waals surface area contributed by atoms with Gasteiger partial charge in [-0.2, -0.15) is 0 Å². The number of rotatable bonds is 5. The molecule has 0 bridgehead atoms. The zero-order valence-electron chi connectivity index (χ0n) is 12.2. The fourth-order valence-corrected chi connectivity index (χ4v) is 3.02. The molecule has 0 aliphatic carbocycles. The van der Waals surface area contributed by atoms with Gasteiger partial charge in [-0.25, -0.2) is 4.98 Å². The number of imidazole rings is 1. The Balaban J connectivity index is 1.45. The van der Waals surface area contributed by atoms with Crippen molar-refractivity contribution in [3.05, 3.63) is 24.3 Å². The van der Waals surface area contributed by atoms with Gasteiger partial charge in [0.2, 0.25) is 5.95 Å². The van der Waals surface area contributed by atoms with E-state index in [1.807, 2.05) is 18.2 Å². The molecule has 0 spiro atoms. The van der Waals surface area contributed by atoms with E-state index in [2.05, 4.69) is 33.2 Å². The van der Waals surface area contributed by atoms with E-state index in [-0.39, 0.29) is 0 Å². The molecular weight excluding hydrogens is 248 g/mol. The minimum atomic E-state index is 0.759. The lowest BCUT2D eigenvalue weighted by molar-refractivity contribution is 0.160. The monoisotopic (exact) mass is 272 g/mol. The van der Waals surface area contributed by atoms with E-state index in [4.69, 9.17) is 0 Å². The molecule has 0 saturated carbocycles. The van der Waals surface area contributed by atoms with Crippen molar-refractivity contribution in [3.8, 4) is 0 Å². The van der Waals surface area contributed by atoms with Crippen LogP contribution in [-0.4, -0.2) is 40.5 Å². The van der Waals surface area contributed by atoms with Gasteiger partial charge < -0.3 is 15.2 Å². The highest BCUT2D eigenvalue weighted by Gasteiger charge is 2.16. The van der Waals surface area contributed by atoms with Crippen molar-refractivity contribution in [2.24, 2.45) is 0 Å². The second-order valence-corrected chi connectivity index (χ2v) is 5.76. The average molecular weight is 272 g/mol. The van der Waals surface area contributed by atoms with E-state index in [0.29, 0.717) is 0 Å². The molecule has 1 aliphatic heterocycles. The third kappa shape index (κ3) is 3.12. The summed E-state index contributed by atoms with van der Waals surface area (Å²) in [6.45, 7) is 5.79. The molecule has 4 heteroatoms. The van der Waals surface area contributed by atoms with Gasteiger partial charge in [0.15, 0.2) is 0 Å². The van der Waals surface area contributed by atoms with Crippen LogP contribution in [0.25, 0.3) is 11.0 Å². The molecular formula is C16H24N4. The summed E-state index contributed by atoms with van der Waals surface area (Å²) in [7, 11) is 0. The molecule has 1 unspecified atom stereocenters. The lowest BCUT2D eigenvalue weighted by atomic mass is 10.0. The van der Waals surface area contributed by atoms with Crippen LogP contribution in [0.5, 0.6) is 0 Å². The first-order valence-corrected chi connectivity index (χ1v) is 7.75. The van der Waals surface area contributed by atoms with Crippen molar-refractivity contribution in [1.29, 1.82) is 0 Å². The predicted octanol–water partition coefficient (Wildman–Crippen LogP) is 3.24. The number of aromatic nitrogens is 2. The van der Waals surface area contributed by atoms with Crippen molar-refractivity contribution in [2.45, 2.75) is 38.6 Å². The molecule has 1 atom stereocenters. The Morgan fingerprint density at radius 3 is 3.10 bits per heavy atom. The SMILES string of the molecule is CC1CCCCN1CCCNc1nc2ccccc2[nH]1. The molecule has 1 aliphatic rings. The van der Waals surface area contributed by atoms with E-state index in [1.165, 1.54) is 38.8 Å². The van der Waals surface area contributed by atoms with E-state index < -0.39 is 0 Å². The van der Waals surface area contributed by atoms with Crippen molar-refractivity contribution < 1.29 is 0 Å². The molecule has 2 heterocycles. The Labute approximate surface area is 120 Å². The van der Waals surface area contributed by atoms with Crippen molar-refractivity contribution >= 4 is 17.0 Å². The summed E-state index contributed by atoms with van der Waals surface area (Å²) in [6, 6.07) is 8.90. The van der Waals surface area contributed by atoms with E-state index in [9.17, 15) is 0 Å². The number of nitrogens with one attached hydrogen (secondary N) is 2. The molecule has 1 fully saturated rings. The Morgan fingerprint density at radius 1 is 1.35 bits per heavy atom. The number of benzene rings is 1. The number of nitrogens with zero attached hydrogens (tertiary/aromatic N) is 2. The van der Waals surface area contributed by atoms with Crippen molar-refractivity contribution in [3.63, 3.8) is 0 Å². The maximum Gasteiger partial charge on any atom is 0.201 e. The van der Waals surface area contributed by atoms with Gasteiger partial charge in [-0.05, 0) is 44.9 Å². The standard InChI is InChI=1S/C16H24N4/c1-13-7-4-5-11-20(13)12-6-10-17-16-18-14-8-2-3-9-15(14)19-16/h2-3,8-9,13H,4-7,10-12H2,1H3,(H2,17,18,19). The Kier molecular flexibility index (Phi) is 4.21. The largest absolute Gasteiger partial charge is 0.356 e. The van der Waals surface area contributed by atoms with Gasteiger partial charge in [-0.1, -0.05) is 18.6 Å². The first-order valence-electron chi connectivity index (χ1n) is 7.75. The van der Waals surface area contributed by atoms with Gasteiger partial charge in [0, 0.05) is 19.1 Å². The van der Waals surface area contributed by atoms with Crippen molar-refractivity contribution in [2.75, 3.05) is 25.0 Å². The highest BCUT2D eigenvalue weighted by molar-refractivity contribution is 5.77. The topological polar surface area (TPSA) is 44.0 Å². The maximum absolute atomic E-state index is 4.53. The number of piperidine rings is 1. The molecule has 2 aromatic rings. The molecule has 3 rings (SSSR count). The minimum absolute atomic E-state index is 0.759. The average Bonchev–Trinajstić information content (AvgIpc) is 2.88. The quantitative estimate of drug-likeness (QED) is 0.821. The number of aromatic amines is 1. The smallest absolute Gasteiger partial charge is 0.201 e. The number of H-pyrrole nitrogens is 1. The van der Waals surface area contributed by atoms with Crippen LogP contribution in [0.2, 0.25) is 0 Å². The molecule has 108 valence electrons. The zero-order valence-corrected chi connectivity index (χ0v) is 12.2. The summed E-state index contributed by atoms with van der Waals surface area (Å²) in [5, 5.41) is 3.40. The van der Waals surface area contributed by atoms with Gasteiger partial charge in [-0.15, -0.1) is 0 Å². The Hall–Kier alpha value is -1.55. The number of para-hydroxylation sites is 2. The summed E-state index contributed by atoms with van der Waals surface area (Å²) in [6.07, 6.45) is 5.29. The number of hydrogen-bond donors (Lipinski definition) is 2. The number of likely N-dealkylation sites (tertiary alicyclic amines) is 1. The maximum atomic E-state index is 4.53. The fourth-order valence-electron chi connectivity index (χ4n) is 3.02. The van der Waals surface area contributed by atoms with Crippen molar-refractivity contribution in [1.82, 2.24) is 14.9 Å². The zero-order chi connectivity index (χ0) is 13.8. The Morgan fingerprint density at radius 2 is 2.25 bits per heavy atom. The first kappa shape index (κ1) is 13.4. The van der Waals surface area contributed by atoms with Gasteiger partial charge >= 0.3 is 0 Å². The van der Waals surface area contributed by atoms with Gasteiger partial charge in [0.1, 0.15) is 0 Å². The van der Waals surface area contributed by atoms with Crippen LogP contribution >= 0.6 is 0 Å². The van der Waals surface area contributed by atoms with Crippen LogP contribution in [0.15, 0.2) is 24.3 Å². The van der Waals surface area contributed by atoms with Gasteiger partial charge in [-0.3, -0.25) is 0 Å². The van der Waals surface area contributed by atoms with Crippen LogP contribution in [0.4, 0.5) is 5.95 Å². The third-order valence-corrected chi connectivity index (χ3v) is 4.24.